The van der Waals surface area contributed by atoms with Gasteiger partial charge in [-0.1, -0.05) is 0 Å². The molecule has 0 spiro atoms. The van der Waals surface area contributed by atoms with E-state index >= 15 is 0 Å². The van der Waals surface area contributed by atoms with Crippen molar-refractivity contribution in [1.82, 2.24) is 9.80 Å². The Morgan fingerprint density at radius 3 is 2.18 bits per heavy atom. The number of carbonyl (C=O) groups is 2. The Hall–Kier alpha value is -1.32. The van der Waals surface area contributed by atoms with Gasteiger partial charge in [0.25, 0.3) is 11.8 Å². The lowest BCUT2D eigenvalue weighted by atomic mass is 9.94. The number of aliphatic hydroxyl groups excluding tert-OH is 4. The Kier molecular flexibility index (Phi) is 5.65. The molecule has 0 aromatic rings. The minimum atomic E-state index is -1.26. The van der Waals surface area contributed by atoms with Gasteiger partial charge in [-0.05, 0) is 19.4 Å². The summed E-state index contributed by atoms with van der Waals surface area (Å²) in [6.45, 7) is 0.635. The molecule has 8 heteroatoms. The van der Waals surface area contributed by atoms with Crippen LogP contribution in [0, 0.1) is 0 Å². The maximum absolute atomic E-state index is 11.4. The van der Waals surface area contributed by atoms with Crippen LogP contribution in [0.2, 0.25) is 0 Å². The summed E-state index contributed by atoms with van der Waals surface area (Å²) in [5, 5.41) is 38.5. The molecule has 0 aromatic carbocycles. The molecule has 2 amide bonds. The summed E-state index contributed by atoms with van der Waals surface area (Å²) in [7, 11) is 0. The van der Waals surface area contributed by atoms with Crippen LogP contribution in [-0.2, 0) is 9.59 Å². The minimum absolute atomic E-state index is 0.159. The molecule has 4 atom stereocenters. The van der Waals surface area contributed by atoms with Crippen LogP contribution in [0.3, 0.4) is 0 Å². The average molecular weight is 314 g/mol. The monoisotopic (exact) mass is 314 g/mol. The number of hydrogen-bond donors (Lipinski definition) is 4. The van der Waals surface area contributed by atoms with Crippen LogP contribution in [0.4, 0.5) is 0 Å². The van der Waals surface area contributed by atoms with Crippen molar-refractivity contribution < 1.29 is 30.0 Å². The molecule has 0 aromatic heterocycles. The fourth-order valence-corrected chi connectivity index (χ4v) is 2.87. The van der Waals surface area contributed by atoms with Gasteiger partial charge >= 0.3 is 0 Å². The van der Waals surface area contributed by atoms with Crippen LogP contribution in [0.1, 0.15) is 12.8 Å². The van der Waals surface area contributed by atoms with Crippen LogP contribution >= 0.6 is 0 Å². The van der Waals surface area contributed by atoms with Crippen molar-refractivity contribution in [2.45, 2.75) is 37.2 Å². The number of hydrogen-bond acceptors (Lipinski definition) is 7. The zero-order valence-electron chi connectivity index (χ0n) is 12.2. The second-order valence-corrected chi connectivity index (χ2v) is 5.66. The van der Waals surface area contributed by atoms with Crippen LogP contribution in [0.15, 0.2) is 12.2 Å². The number of nitrogens with zero attached hydrogens (tertiary/aromatic N) is 2. The summed E-state index contributed by atoms with van der Waals surface area (Å²) in [4.78, 5) is 25.6. The lowest BCUT2D eigenvalue weighted by Crippen LogP contribution is -2.62. The lowest BCUT2D eigenvalue weighted by molar-refractivity contribution is -0.145. The molecule has 8 nitrogen and oxygen atoms in total. The molecule has 2 heterocycles. The van der Waals surface area contributed by atoms with Crippen molar-refractivity contribution in [2.24, 2.45) is 0 Å². The first-order valence-electron chi connectivity index (χ1n) is 7.38. The summed E-state index contributed by atoms with van der Waals surface area (Å²) in [5.74, 6) is -0.629. The fourth-order valence-electron chi connectivity index (χ4n) is 2.87. The highest BCUT2D eigenvalue weighted by Crippen LogP contribution is 2.19. The fraction of sp³-hybridized carbons (Fsp3) is 0.714. The standard InChI is InChI=1S/C14H22N2O6/c17-8-9-13(21)14(22)10(18)7-15(9)5-1-2-6-16-11(19)3-4-12(16)20/h3-4,9-10,13-14,17-18,21-22H,1-2,5-8H2. The van der Waals surface area contributed by atoms with Gasteiger partial charge in [0.15, 0.2) is 0 Å². The zero-order chi connectivity index (χ0) is 16.3. The molecular weight excluding hydrogens is 292 g/mol. The molecule has 22 heavy (non-hydrogen) atoms. The summed E-state index contributed by atoms with van der Waals surface area (Å²) in [6.07, 6.45) is 0.153. The first kappa shape index (κ1) is 17.0. The summed E-state index contributed by atoms with van der Waals surface area (Å²) in [6, 6.07) is -0.630. The Morgan fingerprint density at radius 2 is 1.59 bits per heavy atom. The van der Waals surface area contributed by atoms with Crippen LogP contribution in [0.25, 0.3) is 0 Å². The first-order valence-corrected chi connectivity index (χ1v) is 7.38. The van der Waals surface area contributed by atoms with E-state index in [2.05, 4.69) is 0 Å². The molecule has 124 valence electrons. The predicted molar refractivity (Wildman–Crippen MR) is 75.6 cm³/mol. The van der Waals surface area contributed by atoms with E-state index < -0.39 is 24.4 Å². The third-order valence-corrected chi connectivity index (χ3v) is 4.19. The van der Waals surface area contributed by atoms with Gasteiger partial charge in [0.2, 0.25) is 0 Å². The van der Waals surface area contributed by atoms with E-state index in [1.54, 1.807) is 4.90 Å². The number of imide groups is 1. The average Bonchev–Trinajstić information content (AvgIpc) is 2.81. The van der Waals surface area contributed by atoms with Gasteiger partial charge in [0.1, 0.15) is 12.2 Å². The smallest absolute Gasteiger partial charge is 0.253 e. The van der Waals surface area contributed by atoms with Gasteiger partial charge in [-0.3, -0.25) is 19.4 Å². The first-order chi connectivity index (χ1) is 10.5. The molecule has 0 radical (unpaired) electrons. The number of likely N-dealkylation sites (tertiary alicyclic amines) is 1. The molecule has 0 bridgehead atoms. The van der Waals surface area contributed by atoms with Gasteiger partial charge in [0.05, 0.1) is 18.8 Å². The summed E-state index contributed by atoms with van der Waals surface area (Å²) in [5.41, 5.74) is 0. The van der Waals surface area contributed by atoms with Crippen molar-refractivity contribution in [2.75, 3.05) is 26.2 Å². The summed E-state index contributed by atoms with van der Waals surface area (Å²) < 4.78 is 0. The van der Waals surface area contributed by atoms with Crippen molar-refractivity contribution in [3.05, 3.63) is 12.2 Å². The lowest BCUT2D eigenvalue weighted by Gasteiger charge is -2.43. The van der Waals surface area contributed by atoms with Gasteiger partial charge in [-0.2, -0.15) is 0 Å². The maximum Gasteiger partial charge on any atom is 0.253 e. The van der Waals surface area contributed by atoms with Gasteiger partial charge < -0.3 is 20.4 Å². The van der Waals surface area contributed by atoms with E-state index in [0.29, 0.717) is 25.9 Å². The van der Waals surface area contributed by atoms with Crippen molar-refractivity contribution in [1.29, 1.82) is 0 Å². The van der Waals surface area contributed by atoms with Crippen LogP contribution in [-0.4, -0.2) is 92.6 Å². The van der Waals surface area contributed by atoms with Crippen molar-refractivity contribution in [3.63, 3.8) is 0 Å². The molecular formula is C14H22N2O6. The Labute approximate surface area is 128 Å². The molecule has 0 saturated carbocycles. The number of piperidine rings is 1. The molecule has 2 rings (SSSR count). The van der Waals surface area contributed by atoms with Gasteiger partial charge in [0, 0.05) is 25.2 Å². The van der Waals surface area contributed by atoms with E-state index in [4.69, 9.17) is 0 Å². The minimum Gasteiger partial charge on any atom is -0.395 e. The zero-order valence-corrected chi connectivity index (χ0v) is 12.2. The topological polar surface area (TPSA) is 122 Å². The Bertz CT molecular complexity index is 437. The third kappa shape index (κ3) is 3.53. The number of β-amino-alcohol motifs (C(OH)–C–C–N with tert-alkyl or cyclic N) is 1. The largest absolute Gasteiger partial charge is 0.395 e. The van der Waals surface area contributed by atoms with Gasteiger partial charge in [-0.15, -0.1) is 0 Å². The SMILES string of the molecule is O=C1C=CC(=O)N1CCCCN1CC(O)C(O)C(O)C1CO. The van der Waals surface area contributed by atoms with E-state index in [-0.39, 0.29) is 25.0 Å². The molecule has 4 unspecified atom stereocenters. The van der Waals surface area contributed by atoms with Crippen molar-refractivity contribution >= 4 is 11.8 Å². The molecule has 1 saturated heterocycles. The highest BCUT2D eigenvalue weighted by Gasteiger charge is 2.40. The summed E-state index contributed by atoms with van der Waals surface area (Å²) >= 11 is 0. The molecule has 4 N–H and O–H groups in total. The Morgan fingerprint density at radius 1 is 1.00 bits per heavy atom. The van der Waals surface area contributed by atoms with Crippen LogP contribution < -0.4 is 0 Å². The molecule has 1 fully saturated rings. The van der Waals surface area contributed by atoms with E-state index in [1.165, 1.54) is 12.2 Å². The molecule has 2 aliphatic rings. The molecule has 2 aliphatic heterocycles. The number of carbonyl (C=O) groups excluding carboxylic acids is 2. The second kappa shape index (κ2) is 7.30. The van der Waals surface area contributed by atoms with Crippen LogP contribution in [0.5, 0.6) is 0 Å². The van der Waals surface area contributed by atoms with E-state index in [1.807, 2.05) is 0 Å². The van der Waals surface area contributed by atoms with E-state index in [9.17, 15) is 30.0 Å². The number of rotatable bonds is 6. The van der Waals surface area contributed by atoms with Gasteiger partial charge in [-0.25, -0.2) is 0 Å². The Balaban J connectivity index is 1.78. The second-order valence-electron chi connectivity index (χ2n) is 5.66. The highest BCUT2D eigenvalue weighted by molar-refractivity contribution is 6.12. The van der Waals surface area contributed by atoms with E-state index in [0.717, 1.165) is 4.90 Å². The quantitative estimate of drug-likeness (QED) is 0.314. The normalized spacial score (nSPS) is 33.0. The highest BCUT2D eigenvalue weighted by atomic mass is 16.4. The number of unbranched alkanes of at least 4 members (excludes halogenated alkanes) is 1. The number of amides is 2. The van der Waals surface area contributed by atoms with Crippen molar-refractivity contribution in [3.8, 4) is 0 Å². The predicted octanol–water partition coefficient (Wildman–Crippen LogP) is -2.55. The number of aliphatic hydroxyl groups is 4. The third-order valence-electron chi connectivity index (χ3n) is 4.19. The molecule has 0 aliphatic carbocycles. The maximum atomic E-state index is 11.4.